The second kappa shape index (κ2) is 4.39. The summed E-state index contributed by atoms with van der Waals surface area (Å²) < 4.78 is 0.890. The Bertz CT molecular complexity index is 115. The van der Waals surface area contributed by atoms with Crippen molar-refractivity contribution in [1.82, 2.24) is 0 Å². The molecule has 0 aliphatic rings. The van der Waals surface area contributed by atoms with Crippen molar-refractivity contribution in [3.05, 3.63) is 0 Å². The number of rotatable bonds is 4. The molecule has 2 nitrogen and oxygen atoms in total. The Morgan fingerprint density at radius 2 is 1.82 bits per heavy atom. The van der Waals surface area contributed by atoms with Gasteiger partial charge < -0.3 is 9.59 Å². The molecule has 0 aromatic heterocycles. The van der Waals surface area contributed by atoms with E-state index in [1.807, 2.05) is 6.92 Å². The lowest BCUT2D eigenvalue weighted by Gasteiger charge is -2.36. The van der Waals surface area contributed by atoms with Gasteiger partial charge >= 0.3 is 0 Å². The van der Waals surface area contributed by atoms with Gasteiger partial charge in [0.25, 0.3) is 0 Å². The van der Waals surface area contributed by atoms with E-state index < -0.39 is 0 Å². The summed E-state index contributed by atoms with van der Waals surface area (Å²) in [7, 11) is 7.05. The minimum Gasteiger partial charge on any atom is -0.388 e. The topological polar surface area (TPSA) is 20.2 Å². The highest BCUT2D eigenvalue weighted by Gasteiger charge is 2.23. The largest absolute Gasteiger partial charge is 0.388 e. The predicted molar refractivity (Wildman–Crippen MR) is 52.7 cm³/mol. The Morgan fingerprint density at radius 1 is 1.36 bits per heavy atom. The molecule has 1 N–H and O–H groups in total. The zero-order valence-corrected chi connectivity index (χ0v) is 9.20. The smallest absolute Gasteiger partial charge is 0.104 e. The number of quaternary nitrogens is 1. The van der Waals surface area contributed by atoms with Crippen molar-refractivity contribution < 1.29 is 9.59 Å². The first kappa shape index (κ1) is 11.4. The van der Waals surface area contributed by atoms with Gasteiger partial charge in [0.2, 0.25) is 0 Å². The molecule has 11 heavy (non-hydrogen) atoms. The molecule has 3 heteroatoms. The molecule has 0 radical (unpaired) electrons. The molecule has 0 spiro atoms. The van der Waals surface area contributed by atoms with Crippen molar-refractivity contribution in [3.63, 3.8) is 0 Å². The van der Waals surface area contributed by atoms with Gasteiger partial charge in [-0.25, -0.2) is 0 Å². The van der Waals surface area contributed by atoms with Gasteiger partial charge in [-0.15, -0.1) is 9.24 Å². The Labute approximate surface area is 72.4 Å². The maximum absolute atomic E-state index is 9.21. The lowest BCUT2D eigenvalue weighted by atomic mass is 10.2. The SMILES string of the molecule is CC(O)C[N+](C)(C)C(C)CP. The fraction of sp³-hybridized carbons (Fsp3) is 1.00. The van der Waals surface area contributed by atoms with Gasteiger partial charge in [0.15, 0.2) is 0 Å². The number of aliphatic hydroxyl groups is 1. The first-order valence-electron chi connectivity index (χ1n) is 4.11. The molecule has 0 saturated heterocycles. The molecule has 0 amide bonds. The van der Waals surface area contributed by atoms with Crippen LogP contribution in [-0.4, -0.2) is 48.5 Å². The van der Waals surface area contributed by atoms with E-state index in [2.05, 4.69) is 30.3 Å². The molecule has 0 aromatic carbocycles. The first-order valence-corrected chi connectivity index (χ1v) is 4.92. The van der Waals surface area contributed by atoms with Gasteiger partial charge in [-0.3, -0.25) is 0 Å². The highest BCUT2D eigenvalue weighted by molar-refractivity contribution is 7.16. The second-order valence-electron chi connectivity index (χ2n) is 3.89. The van der Waals surface area contributed by atoms with Crippen LogP contribution in [0.15, 0.2) is 0 Å². The molecule has 0 rings (SSSR count). The maximum Gasteiger partial charge on any atom is 0.104 e. The molecule has 0 aliphatic heterocycles. The molecule has 0 aliphatic carbocycles. The molecule has 0 heterocycles. The summed E-state index contributed by atoms with van der Waals surface area (Å²) in [6.07, 6.45) is 0.878. The molecule has 0 fully saturated rings. The fourth-order valence-corrected chi connectivity index (χ4v) is 1.72. The van der Waals surface area contributed by atoms with Crippen LogP contribution < -0.4 is 0 Å². The highest BCUT2D eigenvalue weighted by atomic mass is 31.0. The molecule has 68 valence electrons. The third-order valence-corrected chi connectivity index (χ3v) is 2.95. The molecular weight excluding hydrogens is 157 g/mol. The average molecular weight is 178 g/mol. The lowest BCUT2D eigenvalue weighted by Crippen LogP contribution is -2.51. The maximum atomic E-state index is 9.21. The van der Waals surface area contributed by atoms with E-state index >= 15 is 0 Å². The van der Waals surface area contributed by atoms with Gasteiger partial charge in [0.05, 0.1) is 20.1 Å². The minimum absolute atomic E-state index is 0.205. The van der Waals surface area contributed by atoms with E-state index in [0.717, 1.165) is 17.2 Å². The van der Waals surface area contributed by atoms with Gasteiger partial charge in [-0.2, -0.15) is 0 Å². The van der Waals surface area contributed by atoms with Crippen molar-refractivity contribution >= 4 is 9.24 Å². The molecular formula is C8H21NOP+. The van der Waals surface area contributed by atoms with Gasteiger partial charge in [-0.05, 0) is 13.8 Å². The predicted octanol–water partition coefficient (Wildman–Crippen LogP) is 0.707. The van der Waals surface area contributed by atoms with Crippen molar-refractivity contribution in [2.45, 2.75) is 26.0 Å². The van der Waals surface area contributed by atoms with Crippen molar-refractivity contribution in [3.8, 4) is 0 Å². The van der Waals surface area contributed by atoms with Crippen LogP contribution >= 0.6 is 9.24 Å². The van der Waals surface area contributed by atoms with Crippen LogP contribution in [0.5, 0.6) is 0 Å². The van der Waals surface area contributed by atoms with E-state index in [-0.39, 0.29) is 6.10 Å². The first-order chi connectivity index (χ1) is 4.90. The average Bonchev–Trinajstić information content (AvgIpc) is 1.83. The summed E-state index contributed by atoms with van der Waals surface area (Å²) >= 11 is 0. The molecule has 3 atom stereocenters. The van der Waals surface area contributed by atoms with E-state index in [1.165, 1.54) is 0 Å². The minimum atomic E-state index is -0.205. The van der Waals surface area contributed by atoms with Crippen LogP contribution in [0.1, 0.15) is 13.8 Å². The van der Waals surface area contributed by atoms with Crippen LogP contribution in [-0.2, 0) is 0 Å². The van der Waals surface area contributed by atoms with Gasteiger partial charge in [-0.1, -0.05) is 0 Å². The van der Waals surface area contributed by atoms with Crippen LogP contribution in [0.2, 0.25) is 0 Å². The lowest BCUT2D eigenvalue weighted by molar-refractivity contribution is -0.913. The third-order valence-electron chi connectivity index (χ3n) is 2.27. The summed E-state index contributed by atoms with van der Waals surface area (Å²) in [5.41, 5.74) is 0. The van der Waals surface area contributed by atoms with Gasteiger partial charge in [0.1, 0.15) is 12.6 Å². The molecule has 0 saturated carbocycles. The number of hydrogen-bond donors (Lipinski definition) is 1. The van der Waals surface area contributed by atoms with Crippen molar-refractivity contribution in [2.75, 3.05) is 26.8 Å². The Balaban J connectivity index is 3.98. The zero-order chi connectivity index (χ0) is 9.07. The van der Waals surface area contributed by atoms with Crippen LogP contribution in [0, 0.1) is 0 Å². The van der Waals surface area contributed by atoms with Crippen LogP contribution in [0.3, 0.4) is 0 Å². The fourth-order valence-electron chi connectivity index (χ4n) is 1.15. The van der Waals surface area contributed by atoms with Crippen LogP contribution in [0.25, 0.3) is 0 Å². The quantitative estimate of drug-likeness (QED) is 0.496. The van der Waals surface area contributed by atoms with Crippen LogP contribution in [0.4, 0.5) is 0 Å². The molecule has 0 aromatic rings. The Kier molecular flexibility index (Phi) is 4.53. The normalized spacial score (nSPS) is 18.0. The third kappa shape index (κ3) is 4.05. The summed E-state index contributed by atoms with van der Waals surface area (Å²) in [5, 5.41) is 9.21. The van der Waals surface area contributed by atoms with Crippen molar-refractivity contribution in [1.29, 1.82) is 0 Å². The van der Waals surface area contributed by atoms with Crippen molar-refractivity contribution in [2.24, 2.45) is 0 Å². The molecule has 3 unspecified atom stereocenters. The summed E-state index contributed by atoms with van der Waals surface area (Å²) in [4.78, 5) is 0. The number of nitrogens with zero attached hydrogens (tertiary/aromatic N) is 1. The number of likely N-dealkylation sites (N-methyl/N-ethyl adjacent to an activating group) is 1. The Hall–Kier alpha value is 0.350. The Morgan fingerprint density at radius 3 is 2.09 bits per heavy atom. The number of hydrogen-bond acceptors (Lipinski definition) is 1. The highest BCUT2D eigenvalue weighted by Crippen LogP contribution is 2.09. The van der Waals surface area contributed by atoms with Gasteiger partial charge in [0, 0.05) is 6.16 Å². The second-order valence-corrected chi connectivity index (χ2v) is 4.37. The van der Waals surface area contributed by atoms with E-state index in [0.29, 0.717) is 6.04 Å². The summed E-state index contributed by atoms with van der Waals surface area (Å²) in [6, 6.07) is 0.592. The van der Waals surface area contributed by atoms with E-state index in [4.69, 9.17) is 0 Å². The monoisotopic (exact) mass is 178 g/mol. The summed E-state index contributed by atoms with van der Waals surface area (Å²) in [6.45, 7) is 4.88. The van der Waals surface area contributed by atoms with E-state index in [1.54, 1.807) is 0 Å². The van der Waals surface area contributed by atoms with E-state index in [9.17, 15) is 5.11 Å². The standard InChI is InChI=1S/C8H21NOP/c1-7(6-11)9(3,4)5-8(2)10/h7-8,10H,5-6,11H2,1-4H3/q+1. The summed E-state index contributed by atoms with van der Waals surface area (Å²) in [5.74, 6) is 0. The zero-order valence-electron chi connectivity index (χ0n) is 8.04. The molecule has 0 bridgehead atoms. The number of aliphatic hydroxyl groups excluding tert-OH is 1.